The second-order valence-electron chi connectivity index (χ2n) is 5.74. The van der Waals surface area contributed by atoms with Crippen molar-refractivity contribution in [2.24, 2.45) is 17.0 Å². The Bertz CT molecular complexity index is 582. The molecule has 3 rings (SSSR count). The predicted octanol–water partition coefficient (Wildman–Crippen LogP) is 2.56. The molecule has 5 nitrogen and oxygen atoms in total. The van der Waals surface area contributed by atoms with E-state index in [9.17, 15) is 9.59 Å². The van der Waals surface area contributed by atoms with Gasteiger partial charge in [-0.2, -0.15) is 0 Å². The van der Waals surface area contributed by atoms with E-state index in [1.54, 1.807) is 31.2 Å². The molecule has 0 aromatic heterocycles. The van der Waals surface area contributed by atoms with Gasteiger partial charge in [-0.15, -0.1) is 0 Å². The lowest BCUT2D eigenvalue weighted by molar-refractivity contribution is -0.122. The highest BCUT2D eigenvalue weighted by molar-refractivity contribution is 6.22. The van der Waals surface area contributed by atoms with E-state index in [-0.39, 0.29) is 23.7 Å². The van der Waals surface area contributed by atoms with Crippen molar-refractivity contribution in [2.45, 2.75) is 32.6 Å². The Balaban J connectivity index is 1.89. The summed E-state index contributed by atoms with van der Waals surface area (Å²) in [6.07, 6.45) is 3.69. The zero-order valence-electron chi connectivity index (χ0n) is 12.0. The number of hydrogen-bond acceptors (Lipinski definition) is 4. The van der Waals surface area contributed by atoms with Crippen LogP contribution in [0.5, 0.6) is 0 Å². The van der Waals surface area contributed by atoms with E-state index in [0.29, 0.717) is 11.4 Å². The number of anilines is 1. The van der Waals surface area contributed by atoms with Crippen LogP contribution in [0, 0.1) is 11.8 Å². The molecular formula is C16H18N2O3. The Morgan fingerprint density at radius 2 is 1.62 bits per heavy atom. The first kappa shape index (κ1) is 13.8. The van der Waals surface area contributed by atoms with Crippen molar-refractivity contribution in [3.63, 3.8) is 0 Å². The van der Waals surface area contributed by atoms with Crippen LogP contribution in [0.3, 0.4) is 0 Å². The molecule has 1 aromatic carbocycles. The first-order chi connectivity index (χ1) is 10.1. The molecule has 1 saturated carbocycles. The minimum atomic E-state index is -0.133. The molecule has 2 aliphatic rings. The largest absolute Gasteiger partial charge is 0.411 e. The molecule has 110 valence electrons. The molecule has 2 fully saturated rings. The van der Waals surface area contributed by atoms with Crippen LogP contribution in [0.15, 0.2) is 29.4 Å². The molecular weight excluding hydrogens is 268 g/mol. The Morgan fingerprint density at radius 3 is 2.10 bits per heavy atom. The average molecular weight is 286 g/mol. The van der Waals surface area contributed by atoms with Gasteiger partial charge in [0.2, 0.25) is 11.8 Å². The number of carbonyl (C=O) groups excluding carboxylic acids is 2. The summed E-state index contributed by atoms with van der Waals surface area (Å²) in [5, 5.41) is 11.9. The van der Waals surface area contributed by atoms with E-state index in [2.05, 4.69) is 5.16 Å². The third kappa shape index (κ3) is 2.22. The van der Waals surface area contributed by atoms with Crippen molar-refractivity contribution in [3.05, 3.63) is 29.8 Å². The van der Waals surface area contributed by atoms with Crippen molar-refractivity contribution in [1.29, 1.82) is 0 Å². The van der Waals surface area contributed by atoms with Crippen molar-refractivity contribution >= 4 is 23.2 Å². The molecule has 2 unspecified atom stereocenters. The standard InChI is InChI=1S/C16H18N2O3/c1-10(17-21)11-6-8-12(9-7-11)18-15(19)13-4-2-3-5-14(13)16(18)20/h6-9,13-14,21H,2-5H2,1H3/b17-10+. The van der Waals surface area contributed by atoms with Crippen LogP contribution in [0.1, 0.15) is 38.2 Å². The molecule has 1 aromatic rings. The lowest BCUT2D eigenvalue weighted by Crippen LogP contribution is -2.30. The molecule has 5 heteroatoms. The summed E-state index contributed by atoms with van der Waals surface area (Å²) >= 11 is 0. The van der Waals surface area contributed by atoms with Crippen LogP contribution in [0.4, 0.5) is 5.69 Å². The van der Waals surface area contributed by atoms with Crippen LogP contribution in [-0.4, -0.2) is 22.7 Å². The Hall–Kier alpha value is -2.17. The minimum Gasteiger partial charge on any atom is -0.411 e. The van der Waals surface area contributed by atoms with Gasteiger partial charge in [0.25, 0.3) is 0 Å². The SMILES string of the molecule is C/C(=N\O)c1ccc(N2C(=O)C3CCCCC3C2=O)cc1. The first-order valence-electron chi connectivity index (χ1n) is 7.30. The highest BCUT2D eigenvalue weighted by Gasteiger charge is 2.48. The second kappa shape index (κ2) is 5.31. The quantitative estimate of drug-likeness (QED) is 0.393. The molecule has 0 spiro atoms. The average Bonchev–Trinajstić information content (AvgIpc) is 2.79. The number of imide groups is 1. The van der Waals surface area contributed by atoms with Crippen molar-refractivity contribution in [1.82, 2.24) is 0 Å². The van der Waals surface area contributed by atoms with E-state index in [4.69, 9.17) is 5.21 Å². The van der Waals surface area contributed by atoms with Crippen LogP contribution >= 0.6 is 0 Å². The molecule has 1 N–H and O–H groups in total. The van der Waals surface area contributed by atoms with E-state index in [0.717, 1.165) is 31.2 Å². The van der Waals surface area contributed by atoms with Crippen LogP contribution in [-0.2, 0) is 9.59 Å². The number of hydrogen-bond donors (Lipinski definition) is 1. The topological polar surface area (TPSA) is 70.0 Å². The van der Waals surface area contributed by atoms with Crippen LogP contribution in [0.25, 0.3) is 0 Å². The third-order valence-corrected chi connectivity index (χ3v) is 4.53. The summed E-state index contributed by atoms with van der Waals surface area (Å²) in [5.74, 6) is -0.395. The van der Waals surface area contributed by atoms with Crippen molar-refractivity contribution in [3.8, 4) is 0 Å². The molecule has 1 aliphatic carbocycles. The minimum absolute atomic E-state index is 0.0648. The van der Waals surface area contributed by atoms with Gasteiger partial charge in [0.1, 0.15) is 0 Å². The summed E-state index contributed by atoms with van der Waals surface area (Å²) in [6, 6.07) is 6.98. The lowest BCUT2D eigenvalue weighted by Gasteiger charge is -2.19. The van der Waals surface area contributed by atoms with Gasteiger partial charge in [0.15, 0.2) is 0 Å². The van der Waals surface area contributed by atoms with Gasteiger partial charge in [0, 0.05) is 0 Å². The number of amides is 2. The zero-order chi connectivity index (χ0) is 15.0. The molecule has 21 heavy (non-hydrogen) atoms. The summed E-state index contributed by atoms with van der Waals surface area (Å²) in [4.78, 5) is 26.3. The number of nitrogens with zero attached hydrogens (tertiary/aromatic N) is 2. The van der Waals surface area contributed by atoms with Crippen LogP contribution < -0.4 is 4.90 Å². The molecule has 2 amide bonds. The Morgan fingerprint density at radius 1 is 1.10 bits per heavy atom. The summed E-state index contributed by atoms with van der Waals surface area (Å²) in [7, 11) is 0. The molecule has 0 radical (unpaired) electrons. The van der Waals surface area contributed by atoms with Crippen LogP contribution in [0.2, 0.25) is 0 Å². The van der Waals surface area contributed by atoms with Gasteiger partial charge in [-0.25, -0.2) is 0 Å². The fourth-order valence-corrected chi connectivity index (χ4v) is 3.33. The number of rotatable bonds is 2. The van der Waals surface area contributed by atoms with Crippen molar-refractivity contribution in [2.75, 3.05) is 4.90 Å². The normalized spacial score (nSPS) is 26.1. The Kier molecular flexibility index (Phi) is 3.49. The second-order valence-corrected chi connectivity index (χ2v) is 5.74. The molecule has 1 saturated heterocycles. The van der Waals surface area contributed by atoms with Gasteiger partial charge in [-0.1, -0.05) is 30.1 Å². The first-order valence-corrected chi connectivity index (χ1v) is 7.30. The number of carbonyl (C=O) groups is 2. The van der Waals surface area contributed by atoms with Gasteiger partial charge in [-0.05, 0) is 37.5 Å². The van der Waals surface area contributed by atoms with Gasteiger partial charge in [-0.3, -0.25) is 14.5 Å². The van der Waals surface area contributed by atoms with Gasteiger partial charge in [0.05, 0.1) is 23.2 Å². The predicted molar refractivity (Wildman–Crippen MR) is 78.4 cm³/mol. The maximum absolute atomic E-state index is 12.5. The third-order valence-electron chi connectivity index (χ3n) is 4.53. The molecule has 2 atom stereocenters. The van der Waals surface area contributed by atoms with Crippen molar-refractivity contribution < 1.29 is 14.8 Å². The van der Waals surface area contributed by atoms with E-state index < -0.39 is 0 Å². The molecule has 0 bridgehead atoms. The van der Waals surface area contributed by atoms with Gasteiger partial charge >= 0.3 is 0 Å². The molecule has 1 heterocycles. The fraction of sp³-hybridized carbons (Fsp3) is 0.438. The smallest absolute Gasteiger partial charge is 0.237 e. The molecule has 1 aliphatic heterocycles. The fourth-order valence-electron chi connectivity index (χ4n) is 3.33. The zero-order valence-corrected chi connectivity index (χ0v) is 12.0. The number of oxime groups is 1. The number of benzene rings is 1. The highest BCUT2D eigenvalue weighted by atomic mass is 16.4. The Labute approximate surface area is 123 Å². The van der Waals surface area contributed by atoms with E-state index in [1.807, 2.05) is 0 Å². The maximum Gasteiger partial charge on any atom is 0.237 e. The lowest BCUT2D eigenvalue weighted by atomic mass is 9.81. The van der Waals surface area contributed by atoms with E-state index >= 15 is 0 Å². The summed E-state index contributed by atoms with van der Waals surface area (Å²) in [6.45, 7) is 1.69. The summed E-state index contributed by atoms with van der Waals surface area (Å²) < 4.78 is 0. The maximum atomic E-state index is 12.5. The highest BCUT2D eigenvalue weighted by Crippen LogP contribution is 2.39. The monoisotopic (exact) mass is 286 g/mol. The summed E-state index contributed by atoms with van der Waals surface area (Å²) in [5.41, 5.74) is 1.86. The van der Waals surface area contributed by atoms with Gasteiger partial charge < -0.3 is 5.21 Å². The van der Waals surface area contributed by atoms with E-state index in [1.165, 1.54) is 4.90 Å². The number of fused-ring (bicyclic) bond motifs is 1.